The van der Waals surface area contributed by atoms with Gasteiger partial charge in [-0.2, -0.15) is 0 Å². The number of hydrogen-bond acceptors (Lipinski definition) is 5. The van der Waals surface area contributed by atoms with E-state index in [1.54, 1.807) is 27.4 Å². The maximum atomic E-state index is 14.4. The van der Waals surface area contributed by atoms with Crippen molar-refractivity contribution >= 4 is 0 Å². The third-order valence-corrected chi connectivity index (χ3v) is 6.96. The third-order valence-electron chi connectivity index (χ3n) is 6.96. The fourth-order valence-corrected chi connectivity index (χ4v) is 5.44. The summed E-state index contributed by atoms with van der Waals surface area (Å²) in [5.41, 5.74) is 3.40. The van der Waals surface area contributed by atoms with Gasteiger partial charge in [0.2, 0.25) is 0 Å². The van der Waals surface area contributed by atoms with Crippen LogP contribution in [0.25, 0.3) is 0 Å². The zero-order valence-corrected chi connectivity index (χ0v) is 19.5. The number of halogens is 1. The number of rotatable bonds is 8. The van der Waals surface area contributed by atoms with Crippen LogP contribution in [0.2, 0.25) is 0 Å². The number of hydrogen-bond donors (Lipinski definition) is 0. The van der Waals surface area contributed by atoms with Gasteiger partial charge in [0.1, 0.15) is 17.3 Å². The fourth-order valence-electron chi connectivity index (χ4n) is 5.44. The Kier molecular flexibility index (Phi) is 7.33. The van der Waals surface area contributed by atoms with E-state index in [0.717, 1.165) is 49.6 Å². The first-order valence-electron chi connectivity index (χ1n) is 11.5. The summed E-state index contributed by atoms with van der Waals surface area (Å²) in [6, 6.07) is 11.4. The summed E-state index contributed by atoms with van der Waals surface area (Å²) < 4.78 is 30.5. The molecule has 5 nitrogen and oxygen atoms in total. The molecule has 0 aromatic heterocycles. The lowest BCUT2D eigenvalue weighted by atomic mass is 9.79. The normalized spacial score (nSPS) is 21.9. The molecule has 0 aliphatic carbocycles. The van der Waals surface area contributed by atoms with Crippen LogP contribution in [-0.4, -0.2) is 57.3 Å². The van der Waals surface area contributed by atoms with E-state index in [2.05, 4.69) is 21.9 Å². The molecule has 0 N–H and O–H groups in total. The van der Waals surface area contributed by atoms with Crippen molar-refractivity contribution < 1.29 is 18.6 Å². The minimum atomic E-state index is -0.148. The molecule has 2 aromatic rings. The van der Waals surface area contributed by atoms with Crippen LogP contribution in [0.1, 0.15) is 36.0 Å². The molecule has 174 valence electrons. The van der Waals surface area contributed by atoms with Crippen molar-refractivity contribution in [2.24, 2.45) is 5.41 Å². The van der Waals surface area contributed by atoms with Crippen molar-refractivity contribution in [1.82, 2.24) is 9.80 Å². The van der Waals surface area contributed by atoms with E-state index in [4.69, 9.17) is 14.2 Å². The Morgan fingerprint density at radius 3 is 2.44 bits per heavy atom. The fraction of sp³-hybridized carbons (Fsp3) is 0.538. The van der Waals surface area contributed by atoms with Crippen LogP contribution in [-0.2, 0) is 24.4 Å². The predicted octanol–water partition coefficient (Wildman–Crippen LogP) is 4.48. The standard InChI is InChI=1S/C26H35FN2O3/c1-30-17-22-13-20(5-8-25(22)32-3)15-29-12-10-26(19-29)9-4-11-28(18-26)16-21-14-23(31-2)6-7-24(21)27/h5-8,13-14H,4,9-12,15-19H2,1-3H3. The van der Waals surface area contributed by atoms with Gasteiger partial charge in [0.15, 0.2) is 0 Å². The highest BCUT2D eigenvalue weighted by atomic mass is 19.1. The van der Waals surface area contributed by atoms with Crippen molar-refractivity contribution in [3.05, 3.63) is 58.9 Å². The van der Waals surface area contributed by atoms with Gasteiger partial charge in [-0.3, -0.25) is 9.80 Å². The Bertz CT molecular complexity index is 922. The molecule has 2 aromatic carbocycles. The number of benzene rings is 2. The minimum absolute atomic E-state index is 0.148. The van der Waals surface area contributed by atoms with E-state index < -0.39 is 0 Å². The third kappa shape index (κ3) is 5.25. The van der Waals surface area contributed by atoms with Crippen LogP contribution in [0.4, 0.5) is 4.39 Å². The Balaban J connectivity index is 1.39. The predicted molar refractivity (Wildman–Crippen MR) is 123 cm³/mol. The summed E-state index contributed by atoms with van der Waals surface area (Å²) in [7, 11) is 5.04. The molecule has 2 aliphatic rings. The molecule has 0 amide bonds. The van der Waals surface area contributed by atoms with E-state index in [0.29, 0.717) is 24.3 Å². The summed E-state index contributed by atoms with van der Waals surface area (Å²) >= 11 is 0. The zero-order valence-electron chi connectivity index (χ0n) is 19.5. The Labute approximate surface area is 191 Å². The van der Waals surface area contributed by atoms with E-state index in [1.165, 1.54) is 30.9 Å². The topological polar surface area (TPSA) is 34.2 Å². The average Bonchev–Trinajstić information content (AvgIpc) is 3.17. The molecular formula is C26H35FN2O3. The first-order valence-corrected chi connectivity index (χ1v) is 11.5. The molecule has 0 radical (unpaired) electrons. The molecule has 1 atom stereocenters. The maximum absolute atomic E-state index is 14.4. The van der Waals surface area contributed by atoms with Gasteiger partial charge in [0.05, 0.1) is 20.8 Å². The molecule has 0 bridgehead atoms. The maximum Gasteiger partial charge on any atom is 0.127 e. The second kappa shape index (κ2) is 10.2. The lowest BCUT2D eigenvalue weighted by Crippen LogP contribution is -2.44. The number of likely N-dealkylation sites (tertiary alicyclic amines) is 2. The molecule has 1 unspecified atom stereocenters. The SMILES string of the molecule is COCc1cc(CN2CCC3(CCCN(Cc4cc(OC)ccc4F)C3)C2)ccc1OC. The van der Waals surface area contributed by atoms with E-state index in [9.17, 15) is 4.39 Å². The number of ether oxygens (including phenoxy) is 3. The molecule has 2 fully saturated rings. The molecule has 4 rings (SSSR count). The van der Waals surface area contributed by atoms with Crippen LogP contribution >= 0.6 is 0 Å². The van der Waals surface area contributed by atoms with E-state index in [-0.39, 0.29) is 5.82 Å². The van der Waals surface area contributed by atoms with Crippen molar-refractivity contribution in [2.75, 3.05) is 47.5 Å². The van der Waals surface area contributed by atoms with E-state index in [1.807, 2.05) is 12.1 Å². The summed E-state index contributed by atoms with van der Waals surface area (Å²) in [4.78, 5) is 4.99. The molecular weight excluding hydrogens is 407 g/mol. The lowest BCUT2D eigenvalue weighted by Gasteiger charge is -2.40. The Morgan fingerprint density at radius 2 is 1.69 bits per heavy atom. The molecule has 2 heterocycles. The van der Waals surface area contributed by atoms with Gasteiger partial charge in [-0.15, -0.1) is 0 Å². The molecule has 2 saturated heterocycles. The summed E-state index contributed by atoms with van der Waals surface area (Å²) in [6.45, 7) is 6.38. The molecule has 6 heteroatoms. The number of methoxy groups -OCH3 is 3. The van der Waals surface area contributed by atoms with Gasteiger partial charge < -0.3 is 14.2 Å². The van der Waals surface area contributed by atoms with Gasteiger partial charge in [-0.25, -0.2) is 4.39 Å². The second-order valence-electron chi connectivity index (χ2n) is 9.31. The highest BCUT2D eigenvalue weighted by Crippen LogP contribution is 2.40. The first-order chi connectivity index (χ1) is 15.5. The molecule has 32 heavy (non-hydrogen) atoms. The quantitative estimate of drug-likeness (QED) is 0.602. The molecule has 0 saturated carbocycles. The van der Waals surface area contributed by atoms with Crippen LogP contribution in [0, 0.1) is 11.2 Å². The van der Waals surface area contributed by atoms with Crippen molar-refractivity contribution in [3.8, 4) is 11.5 Å². The summed E-state index contributed by atoms with van der Waals surface area (Å²) in [6.07, 6.45) is 3.61. The van der Waals surface area contributed by atoms with Gasteiger partial charge in [0.25, 0.3) is 0 Å². The van der Waals surface area contributed by atoms with Gasteiger partial charge in [-0.1, -0.05) is 6.07 Å². The smallest absolute Gasteiger partial charge is 0.127 e. The highest BCUT2D eigenvalue weighted by molar-refractivity contribution is 5.37. The van der Waals surface area contributed by atoms with Gasteiger partial charge >= 0.3 is 0 Å². The monoisotopic (exact) mass is 442 g/mol. The first kappa shape index (κ1) is 23.0. The second-order valence-corrected chi connectivity index (χ2v) is 9.31. The van der Waals surface area contributed by atoms with Crippen molar-refractivity contribution in [3.63, 3.8) is 0 Å². The summed E-state index contributed by atoms with van der Waals surface area (Å²) in [5, 5.41) is 0. The Hall–Kier alpha value is -2.15. The Morgan fingerprint density at radius 1 is 0.875 bits per heavy atom. The van der Waals surface area contributed by atoms with Gasteiger partial charge in [-0.05, 0) is 73.7 Å². The number of piperidine rings is 1. The van der Waals surface area contributed by atoms with E-state index >= 15 is 0 Å². The lowest BCUT2D eigenvalue weighted by molar-refractivity contribution is 0.0857. The highest BCUT2D eigenvalue weighted by Gasteiger charge is 2.41. The van der Waals surface area contributed by atoms with Crippen molar-refractivity contribution in [2.45, 2.75) is 39.0 Å². The van der Waals surface area contributed by atoms with Crippen LogP contribution in [0.3, 0.4) is 0 Å². The van der Waals surface area contributed by atoms with Crippen LogP contribution in [0.5, 0.6) is 11.5 Å². The van der Waals surface area contributed by atoms with Crippen molar-refractivity contribution in [1.29, 1.82) is 0 Å². The van der Waals surface area contributed by atoms with Crippen LogP contribution < -0.4 is 9.47 Å². The van der Waals surface area contributed by atoms with Crippen LogP contribution in [0.15, 0.2) is 36.4 Å². The molecule has 1 spiro atoms. The summed E-state index contributed by atoms with van der Waals surface area (Å²) in [5.74, 6) is 1.44. The van der Waals surface area contributed by atoms with Gasteiger partial charge in [0, 0.05) is 44.4 Å². The molecule has 2 aliphatic heterocycles. The number of nitrogens with zero attached hydrogens (tertiary/aromatic N) is 2. The average molecular weight is 443 g/mol. The zero-order chi connectivity index (χ0) is 22.6. The largest absolute Gasteiger partial charge is 0.497 e. The minimum Gasteiger partial charge on any atom is -0.497 e.